The molecule has 2 atom stereocenters. The van der Waals surface area contributed by atoms with E-state index in [1.807, 2.05) is 19.2 Å². The van der Waals surface area contributed by atoms with Gasteiger partial charge in [0.2, 0.25) is 5.88 Å². The van der Waals surface area contributed by atoms with Crippen molar-refractivity contribution in [2.75, 3.05) is 0 Å². The Bertz CT molecular complexity index is 1050. The number of pyridine rings is 1. The molecule has 1 aliphatic carbocycles. The molecule has 6 heteroatoms. The summed E-state index contributed by atoms with van der Waals surface area (Å²) < 4.78 is 5.66. The fourth-order valence-corrected chi connectivity index (χ4v) is 4.99. The van der Waals surface area contributed by atoms with Crippen molar-refractivity contribution in [2.24, 2.45) is 0 Å². The van der Waals surface area contributed by atoms with Crippen molar-refractivity contribution in [1.82, 2.24) is 15.3 Å². The third-order valence-electron chi connectivity index (χ3n) is 5.70. The Morgan fingerprint density at radius 3 is 2.57 bits per heavy atom. The number of thiazole rings is 1. The van der Waals surface area contributed by atoms with E-state index >= 15 is 0 Å². The number of rotatable bonds is 1. The van der Waals surface area contributed by atoms with Crippen LogP contribution in [-0.2, 0) is 6.61 Å². The summed E-state index contributed by atoms with van der Waals surface area (Å²) in [5.74, 6) is 0.552. The number of hydrogen-bond donors (Lipinski definition) is 2. The summed E-state index contributed by atoms with van der Waals surface area (Å²) in [4.78, 5) is 19.5. The first-order valence-electron chi connectivity index (χ1n) is 9.84. The smallest absolute Gasteiger partial charge is 0.250 e. The van der Waals surface area contributed by atoms with Gasteiger partial charge >= 0.3 is 0 Å². The molecule has 1 aromatic carbocycles. The maximum Gasteiger partial charge on any atom is 0.250 e. The number of benzene rings is 1. The molecule has 2 unspecified atom stereocenters. The fourth-order valence-electron chi connectivity index (χ4n) is 4.22. The summed E-state index contributed by atoms with van der Waals surface area (Å²) in [6.45, 7) is 2.47. The summed E-state index contributed by atoms with van der Waals surface area (Å²) in [6, 6.07) is 11.5. The van der Waals surface area contributed by atoms with Gasteiger partial charge in [0.1, 0.15) is 6.61 Å². The Morgan fingerprint density at radius 1 is 1.14 bits per heavy atom. The van der Waals surface area contributed by atoms with Gasteiger partial charge in [0.05, 0.1) is 9.88 Å². The lowest BCUT2D eigenvalue weighted by atomic mass is 9.83. The van der Waals surface area contributed by atoms with Crippen LogP contribution in [0.5, 0.6) is 5.88 Å². The highest BCUT2D eigenvalue weighted by molar-refractivity contribution is 7.15. The lowest BCUT2D eigenvalue weighted by Crippen LogP contribution is -2.55. The number of aromatic amines is 1. The quantitative estimate of drug-likeness (QED) is 0.648. The molecule has 2 saturated heterocycles. The van der Waals surface area contributed by atoms with Crippen LogP contribution < -0.4 is 15.6 Å². The van der Waals surface area contributed by atoms with Gasteiger partial charge in [-0.1, -0.05) is 18.6 Å². The molecular weight excluding hydrogens is 370 g/mol. The van der Waals surface area contributed by atoms with Crippen LogP contribution >= 0.6 is 11.3 Å². The van der Waals surface area contributed by atoms with Gasteiger partial charge in [-0.2, -0.15) is 0 Å². The summed E-state index contributed by atoms with van der Waals surface area (Å²) >= 11 is 1.68. The van der Waals surface area contributed by atoms with Crippen molar-refractivity contribution >= 4 is 11.3 Å². The van der Waals surface area contributed by atoms with Crippen LogP contribution in [0.1, 0.15) is 36.3 Å². The largest absolute Gasteiger partial charge is 0.474 e. The van der Waals surface area contributed by atoms with E-state index in [4.69, 9.17) is 4.74 Å². The number of nitrogens with one attached hydrogen (secondary N) is 2. The SMILES string of the molecule is C1CC2CC(C1)N2.Cc1ncc(-c2ccc3c(c2)COc2[nH]c(=O)ccc2-3)s1. The van der Waals surface area contributed by atoms with Crippen molar-refractivity contribution in [1.29, 1.82) is 0 Å². The Hall–Kier alpha value is -2.44. The molecule has 3 aliphatic heterocycles. The Balaban J connectivity index is 0.000000203. The van der Waals surface area contributed by atoms with Crippen molar-refractivity contribution < 1.29 is 4.74 Å². The van der Waals surface area contributed by atoms with Gasteiger partial charge < -0.3 is 10.1 Å². The molecule has 144 valence electrons. The summed E-state index contributed by atoms with van der Waals surface area (Å²) in [5.41, 5.74) is 4.17. The van der Waals surface area contributed by atoms with E-state index in [0.717, 1.165) is 44.2 Å². The normalized spacial score (nSPS) is 21.3. The predicted molar refractivity (Wildman–Crippen MR) is 112 cm³/mol. The van der Waals surface area contributed by atoms with Gasteiger partial charge in [-0.15, -0.1) is 11.3 Å². The molecular formula is C22H23N3O2S. The lowest BCUT2D eigenvalue weighted by molar-refractivity contribution is 0.182. The number of nitrogens with zero attached hydrogens (tertiary/aromatic N) is 1. The Labute approximate surface area is 167 Å². The predicted octanol–water partition coefficient (Wildman–Crippen LogP) is 4.27. The molecule has 0 spiro atoms. The Morgan fingerprint density at radius 2 is 1.93 bits per heavy atom. The van der Waals surface area contributed by atoms with Crippen molar-refractivity contribution in [3.8, 4) is 27.4 Å². The van der Waals surface area contributed by atoms with Gasteiger partial charge in [-0.05, 0) is 55.0 Å². The topological polar surface area (TPSA) is 67.0 Å². The third-order valence-corrected chi connectivity index (χ3v) is 6.66. The van der Waals surface area contributed by atoms with Crippen molar-refractivity contribution in [3.63, 3.8) is 0 Å². The summed E-state index contributed by atoms with van der Waals surface area (Å²) in [6.07, 6.45) is 7.73. The standard InChI is InChI=1S/C16H12N2O2S.C6H11N/c1-9-17-7-14(21-9)10-2-3-12-11(6-10)8-20-16-13(12)4-5-15(19)18-16;1-2-5-4-6(3-1)7-5/h2-7H,8H2,1H3,(H,18,19);5-7H,1-4H2. The van der Waals surface area contributed by atoms with E-state index in [9.17, 15) is 4.79 Å². The van der Waals surface area contributed by atoms with E-state index in [1.54, 1.807) is 11.3 Å². The summed E-state index contributed by atoms with van der Waals surface area (Å²) in [7, 11) is 0. The highest BCUT2D eigenvalue weighted by atomic mass is 32.1. The van der Waals surface area contributed by atoms with Crippen LogP contribution in [0, 0.1) is 6.92 Å². The number of aromatic nitrogens is 2. The minimum absolute atomic E-state index is 0.144. The van der Waals surface area contributed by atoms with Gasteiger partial charge in [-0.25, -0.2) is 4.98 Å². The molecule has 5 heterocycles. The first-order valence-corrected chi connectivity index (χ1v) is 10.7. The number of hydrogen-bond acceptors (Lipinski definition) is 5. The molecule has 28 heavy (non-hydrogen) atoms. The molecule has 3 aromatic rings. The number of fused-ring (bicyclic) bond motifs is 5. The van der Waals surface area contributed by atoms with E-state index in [2.05, 4.69) is 33.5 Å². The number of H-pyrrole nitrogens is 1. The average molecular weight is 394 g/mol. The monoisotopic (exact) mass is 393 g/mol. The zero-order valence-electron chi connectivity index (χ0n) is 15.8. The van der Waals surface area contributed by atoms with Crippen LogP contribution in [0.2, 0.25) is 0 Å². The zero-order chi connectivity index (χ0) is 19.1. The van der Waals surface area contributed by atoms with Crippen LogP contribution in [0.3, 0.4) is 0 Å². The summed E-state index contributed by atoms with van der Waals surface area (Å²) in [5, 5.41) is 4.54. The molecule has 0 radical (unpaired) electrons. The molecule has 2 bridgehead atoms. The lowest BCUT2D eigenvalue weighted by Gasteiger charge is -2.42. The van der Waals surface area contributed by atoms with Gasteiger partial charge in [0.25, 0.3) is 5.56 Å². The van der Waals surface area contributed by atoms with E-state index in [1.165, 1.54) is 31.7 Å². The minimum Gasteiger partial charge on any atom is -0.474 e. The van der Waals surface area contributed by atoms with Crippen LogP contribution in [0.25, 0.3) is 21.6 Å². The molecule has 1 saturated carbocycles. The molecule has 7 rings (SSSR count). The maximum atomic E-state index is 11.4. The van der Waals surface area contributed by atoms with Crippen molar-refractivity contribution in [3.05, 3.63) is 57.5 Å². The second-order valence-corrected chi connectivity index (χ2v) is 8.93. The molecule has 2 N–H and O–H groups in total. The minimum atomic E-state index is -0.144. The third kappa shape index (κ3) is 3.38. The van der Waals surface area contributed by atoms with Crippen LogP contribution in [-0.4, -0.2) is 22.1 Å². The molecule has 2 aromatic heterocycles. The highest BCUT2D eigenvalue weighted by Gasteiger charge is 2.31. The second-order valence-electron chi connectivity index (χ2n) is 7.70. The van der Waals surface area contributed by atoms with E-state index in [-0.39, 0.29) is 5.56 Å². The molecule has 4 aliphatic rings. The van der Waals surface area contributed by atoms with Crippen LogP contribution in [0.15, 0.2) is 41.3 Å². The highest BCUT2D eigenvalue weighted by Crippen LogP contribution is 2.37. The van der Waals surface area contributed by atoms with Gasteiger partial charge in [0, 0.05) is 29.9 Å². The first-order chi connectivity index (χ1) is 13.7. The van der Waals surface area contributed by atoms with E-state index < -0.39 is 0 Å². The number of piperidine rings is 1. The maximum absolute atomic E-state index is 11.4. The first kappa shape index (κ1) is 17.6. The fraction of sp³-hybridized carbons (Fsp3) is 0.364. The zero-order valence-corrected chi connectivity index (χ0v) is 16.6. The van der Waals surface area contributed by atoms with Gasteiger partial charge in [-0.3, -0.25) is 9.78 Å². The molecule has 5 nitrogen and oxygen atoms in total. The second kappa shape index (κ2) is 7.18. The Kier molecular flexibility index (Phi) is 4.53. The number of ether oxygens (including phenoxy) is 1. The van der Waals surface area contributed by atoms with Crippen molar-refractivity contribution in [2.45, 2.75) is 51.3 Å². The van der Waals surface area contributed by atoms with Crippen LogP contribution in [0.4, 0.5) is 0 Å². The van der Waals surface area contributed by atoms with Gasteiger partial charge in [0.15, 0.2) is 0 Å². The molecule has 0 amide bonds. The molecule has 3 fully saturated rings. The number of aryl methyl sites for hydroxylation is 1. The van der Waals surface area contributed by atoms with E-state index in [0.29, 0.717) is 12.5 Å². The average Bonchev–Trinajstić information content (AvgIpc) is 3.14.